The second-order valence-corrected chi connectivity index (χ2v) is 6.18. The van der Waals surface area contributed by atoms with Crippen LogP contribution in [0, 0.1) is 11.6 Å². The highest BCUT2D eigenvalue weighted by Gasteiger charge is 2.29. The van der Waals surface area contributed by atoms with Crippen molar-refractivity contribution < 1.29 is 23.4 Å². The van der Waals surface area contributed by atoms with Gasteiger partial charge < -0.3 is 19.3 Å². The van der Waals surface area contributed by atoms with Gasteiger partial charge in [-0.05, 0) is 26.3 Å². The van der Waals surface area contributed by atoms with Crippen LogP contribution in [0.2, 0.25) is 0 Å². The molecule has 0 unspecified atom stereocenters. The van der Waals surface area contributed by atoms with E-state index in [9.17, 15) is 19.1 Å². The first-order valence-electron chi connectivity index (χ1n) is 8.54. The Hall–Kier alpha value is -2.48. The minimum absolute atomic E-state index is 0.0664. The third kappa shape index (κ3) is 2.94. The van der Waals surface area contributed by atoms with E-state index in [4.69, 9.17) is 4.74 Å². The number of anilines is 1. The van der Waals surface area contributed by atoms with Crippen molar-refractivity contribution in [3.63, 3.8) is 0 Å². The summed E-state index contributed by atoms with van der Waals surface area (Å²) in [5.74, 6) is -2.59. The van der Waals surface area contributed by atoms with Crippen LogP contribution in [0.25, 0.3) is 10.9 Å². The van der Waals surface area contributed by atoms with Gasteiger partial charge >= 0.3 is 5.97 Å². The zero-order valence-corrected chi connectivity index (χ0v) is 14.6. The number of nitrogens with zero attached hydrogens (tertiary/aromatic N) is 2. The molecule has 0 radical (unpaired) electrons. The quantitative estimate of drug-likeness (QED) is 0.839. The van der Waals surface area contributed by atoms with Crippen molar-refractivity contribution in [3.8, 4) is 0 Å². The van der Waals surface area contributed by atoms with Crippen LogP contribution < -0.4 is 10.3 Å². The number of hydrogen-bond acceptors (Lipinski definition) is 5. The Labute approximate surface area is 148 Å². The minimum atomic E-state index is -0.898. The predicted octanol–water partition coefficient (Wildman–Crippen LogP) is 2.05. The number of ether oxygens (including phenoxy) is 1. The number of fused-ring (bicyclic) bond motifs is 1. The molecule has 2 heterocycles. The Kier molecular flexibility index (Phi) is 4.95. The third-order valence-corrected chi connectivity index (χ3v) is 4.55. The van der Waals surface area contributed by atoms with E-state index < -0.39 is 29.1 Å². The molecule has 2 aromatic rings. The Balaban J connectivity index is 2.27. The maximum Gasteiger partial charge on any atom is 0.343 e. The minimum Gasteiger partial charge on any atom is -0.462 e. The molecule has 6 nitrogen and oxygen atoms in total. The molecule has 1 aliphatic heterocycles. The van der Waals surface area contributed by atoms with Gasteiger partial charge in [-0.1, -0.05) is 0 Å². The number of benzene rings is 1. The van der Waals surface area contributed by atoms with Crippen LogP contribution in [-0.2, 0) is 11.3 Å². The normalized spacial score (nSPS) is 17.1. The van der Waals surface area contributed by atoms with Crippen LogP contribution in [0.4, 0.5) is 14.5 Å². The number of aliphatic hydroxyl groups is 1. The lowest BCUT2D eigenvalue weighted by Gasteiger charge is -2.21. The number of pyridine rings is 1. The lowest BCUT2D eigenvalue weighted by Crippen LogP contribution is -2.26. The number of aliphatic hydroxyl groups excluding tert-OH is 1. The first kappa shape index (κ1) is 18.3. The highest BCUT2D eigenvalue weighted by molar-refractivity contribution is 5.94. The average Bonchev–Trinajstić information content (AvgIpc) is 3.02. The molecule has 3 rings (SSSR count). The molecule has 140 valence electrons. The van der Waals surface area contributed by atoms with Crippen molar-refractivity contribution in [2.45, 2.75) is 32.9 Å². The zero-order chi connectivity index (χ0) is 19.0. The van der Waals surface area contributed by atoms with Gasteiger partial charge in [-0.25, -0.2) is 13.6 Å². The molecule has 1 N–H and O–H groups in total. The van der Waals surface area contributed by atoms with Crippen molar-refractivity contribution in [1.29, 1.82) is 0 Å². The molecule has 1 fully saturated rings. The van der Waals surface area contributed by atoms with Crippen LogP contribution in [0.3, 0.4) is 0 Å². The van der Waals surface area contributed by atoms with E-state index in [1.165, 1.54) is 15.7 Å². The van der Waals surface area contributed by atoms with Gasteiger partial charge in [0.1, 0.15) is 17.1 Å². The Morgan fingerprint density at radius 2 is 2.12 bits per heavy atom. The van der Waals surface area contributed by atoms with Crippen molar-refractivity contribution >= 4 is 22.6 Å². The number of hydrogen-bond donors (Lipinski definition) is 1. The average molecular weight is 366 g/mol. The number of esters is 1. The molecule has 1 aromatic heterocycles. The van der Waals surface area contributed by atoms with E-state index in [1.54, 1.807) is 13.8 Å². The van der Waals surface area contributed by atoms with Crippen molar-refractivity contribution in [1.82, 2.24) is 4.57 Å². The number of aromatic nitrogens is 1. The van der Waals surface area contributed by atoms with Gasteiger partial charge in [0.2, 0.25) is 5.43 Å². The van der Waals surface area contributed by atoms with Crippen molar-refractivity contribution in [2.75, 3.05) is 24.6 Å². The molecule has 8 heteroatoms. The van der Waals surface area contributed by atoms with Crippen LogP contribution in [0.15, 0.2) is 17.1 Å². The molecular formula is C18H20F2N2O4. The van der Waals surface area contributed by atoms with Crippen LogP contribution in [0.5, 0.6) is 0 Å². The molecule has 0 amide bonds. The molecule has 26 heavy (non-hydrogen) atoms. The monoisotopic (exact) mass is 366 g/mol. The van der Waals surface area contributed by atoms with Crippen molar-refractivity contribution in [3.05, 3.63) is 39.7 Å². The maximum absolute atomic E-state index is 15.2. The van der Waals surface area contributed by atoms with Crippen LogP contribution >= 0.6 is 0 Å². The van der Waals surface area contributed by atoms with Gasteiger partial charge in [-0.3, -0.25) is 4.79 Å². The smallest absolute Gasteiger partial charge is 0.343 e. The van der Waals surface area contributed by atoms with E-state index in [1.807, 2.05) is 0 Å². The summed E-state index contributed by atoms with van der Waals surface area (Å²) in [5, 5.41) is 9.44. The van der Waals surface area contributed by atoms with E-state index in [0.717, 1.165) is 6.07 Å². The molecule has 0 saturated carbocycles. The number of aryl methyl sites for hydroxylation is 1. The highest BCUT2D eigenvalue weighted by atomic mass is 19.1. The van der Waals surface area contributed by atoms with Gasteiger partial charge in [-0.2, -0.15) is 0 Å². The molecule has 1 saturated heterocycles. The molecule has 0 bridgehead atoms. The van der Waals surface area contributed by atoms with E-state index in [0.29, 0.717) is 13.0 Å². The molecule has 1 aromatic carbocycles. The Bertz CT molecular complexity index is 926. The fraction of sp³-hybridized carbons (Fsp3) is 0.444. The molecule has 0 aliphatic carbocycles. The fourth-order valence-corrected chi connectivity index (χ4v) is 3.32. The molecule has 1 aliphatic rings. The lowest BCUT2D eigenvalue weighted by atomic mass is 10.1. The summed E-state index contributed by atoms with van der Waals surface area (Å²) in [6.07, 6.45) is 1.01. The second kappa shape index (κ2) is 7.03. The summed E-state index contributed by atoms with van der Waals surface area (Å²) in [5.41, 5.74) is -1.36. The largest absolute Gasteiger partial charge is 0.462 e. The van der Waals surface area contributed by atoms with Gasteiger partial charge in [-0.15, -0.1) is 0 Å². The van der Waals surface area contributed by atoms with Crippen molar-refractivity contribution in [2.24, 2.45) is 0 Å². The first-order valence-corrected chi connectivity index (χ1v) is 8.54. The molecule has 0 spiro atoms. The number of β-amino-alcohol motifs (C(OH)–C–C–N with tert-alkyl or cyclic N) is 1. The standard InChI is InChI=1S/C18H20F2N2O4/c1-3-21-9-12(18(25)26-4-2)17(24)11-7-13(19)16(14(20)15(11)21)22-6-5-10(23)8-22/h7,9-10,23H,3-6,8H2,1-2H3/t10-/m1/s1. The molecule has 1 atom stereocenters. The summed E-state index contributed by atoms with van der Waals surface area (Å²) < 4.78 is 36.1. The van der Waals surface area contributed by atoms with Crippen LogP contribution in [-0.4, -0.2) is 41.4 Å². The summed E-state index contributed by atoms with van der Waals surface area (Å²) in [4.78, 5) is 26.0. The summed E-state index contributed by atoms with van der Waals surface area (Å²) in [6, 6.07) is 0.954. The first-order chi connectivity index (χ1) is 12.4. The second-order valence-electron chi connectivity index (χ2n) is 6.18. The number of halogens is 2. The van der Waals surface area contributed by atoms with E-state index in [2.05, 4.69) is 0 Å². The highest BCUT2D eigenvalue weighted by Crippen LogP contribution is 2.32. The zero-order valence-electron chi connectivity index (χ0n) is 14.6. The van der Waals surface area contributed by atoms with Gasteiger partial charge in [0.05, 0.1) is 23.6 Å². The summed E-state index contributed by atoms with van der Waals surface area (Å²) >= 11 is 0. The Morgan fingerprint density at radius 3 is 2.69 bits per heavy atom. The van der Waals surface area contributed by atoms with Gasteiger partial charge in [0, 0.05) is 25.8 Å². The Morgan fingerprint density at radius 1 is 1.38 bits per heavy atom. The van der Waals surface area contributed by atoms with Crippen LogP contribution in [0.1, 0.15) is 30.6 Å². The fourth-order valence-electron chi connectivity index (χ4n) is 3.32. The SMILES string of the molecule is CCOC(=O)c1cn(CC)c2c(F)c(N3CC[C@@H](O)C3)c(F)cc2c1=O. The van der Waals surface area contributed by atoms with E-state index >= 15 is 4.39 Å². The van der Waals surface area contributed by atoms with Gasteiger partial charge in [0.25, 0.3) is 0 Å². The number of carbonyl (C=O) groups is 1. The number of rotatable bonds is 4. The summed E-state index contributed by atoms with van der Waals surface area (Å²) in [7, 11) is 0. The number of carbonyl (C=O) groups excluding carboxylic acids is 1. The topological polar surface area (TPSA) is 71.8 Å². The maximum atomic E-state index is 15.2. The summed E-state index contributed by atoms with van der Waals surface area (Å²) in [6.45, 7) is 4.12. The lowest BCUT2D eigenvalue weighted by molar-refractivity contribution is 0.0524. The van der Waals surface area contributed by atoms with E-state index in [-0.39, 0.29) is 41.9 Å². The molecular weight excluding hydrogens is 346 g/mol. The predicted molar refractivity (Wildman–Crippen MR) is 92.6 cm³/mol. The van der Waals surface area contributed by atoms with Gasteiger partial charge in [0.15, 0.2) is 5.82 Å². The third-order valence-electron chi connectivity index (χ3n) is 4.55.